The average molecular weight is 511 g/mol. The molecule has 3 heterocycles. The van der Waals surface area contributed by atoms with Crippen LogP contribution in [0.1, 0.15) is 34.1 Å². The molecule has 194 valence electrons. The minimum atomic E-state index is -0.262. The first-order chi connectivity index (χ1) is 18.5. The van der Waals surface area contributed by atoms with Crippen LogP contribution in [-0.2, 0) is 22.5 Å². The Morgan fingerprint density at radius 3 is 2.66 bits per heavy atom. The summed E-state index contributed by atoms with van der Waals surface area (Å²) in [5.74, 6) is 0.0127. The molecule has 2 amide bonds. The van der Waals surface area contributed by atoms with E-state index >= 15 is 0 Å². The molecule has 38 heavy (non-hydrogen) atoms. The molecular formula is C29H30N6O3. The first-order valence-corrected chi connectivity index (χ1v) is 12.5. The molecular weight excluding hydrogens is 480 g/mol. The molecule has 2 aromatic carbocycles. The zero-order valence-electron chi connectivity index (χ0n) is 21.2. The van der Waals surface area contributed by atoms with Crippen molar-refractivity contribution in [1.29, 1.82) is 0 Å². The number of nitrogen functional groups attached to an aromatic ring is 1. The summed E-state index contributed by atoms with van der Waals surface area (Å²) in [5, 5.41) is 6.83. The van der Waals surface area contributed by atoms with Gasteiger partial charge in [-0.2, -0.15) is 0 Å². The summed E-state index contributed by atoms with van der Waals surface area (Å²) in [7, 11) is 1.62. The topological polar surface area (TPSA) is 124 Å². The summed E-state index contributed by atoms with van der Waals surface area (Å²) >= 11 is 0. The molecule has 0 spiro atoms. The lowest BCUT2D eigenvalue weighted by Crippen LogP contribution is -2.40. The summed E-state index contributed by atoms with van der Waals surface area (Å²) < 4.78 is 7.44. The van der Waals surface area contributed by atoms with Crippen molar-refractivity contribution in [2.45, 2.75) is 31.5 Å². The van der Waals surface area contributed by atoms with Gasteiger partial charge in [0.2, 0.25) is 5.91 Å². The highest BCUT2D eigenvalue weighted by molar-refractivity contribution is 6.03. The van der Waals surface area contributed by atoms with E-state index in [0.717, 1.165) is 46.3 Å². The maximum atomic E-state index is 13.1. The second kappa shape index (κ2) is 10.9. The van der Waals surface area contributed by atoms with Gasteiger partial charge in [0.1, 0.15) is 17.8 Å². The number of anilines is 1. The van der Waals surface area contributed by atoms with Gasteiger partial charge in [0.05, 0.1) is 18.0 Å². The smallest absolute Gasteiger partial charge is 0.251 e. The molecule has 0 saturated heterocycles. The zero-order valence-corrected chi connectivity index (χ0v) is 21.2. The van der Waals surface area contributed by atoms with Gasteiger partial charge in [-0.15, -0.1) is 0 Å². The lowest BCUT2D eigenvalue weighted by atomic mass is 9.96. The fourth-order valence-corrected chi connectivity index (χ4v) is 5.11. The molecule has 2 aromatic heterocycles. The molecule has 5 rings (SSSR count). The number of carbonyl (C=O) groups is 2. The number of fused-ring (bicyclic) bond motifs is 3. The maximum Gasteiger partial charge on any atom is 0.251 e. The molecule has 4 aromatic rings. The Hall–Kier alpha value is -4.50. The van der Waals surface area contributed by atoms with Crippen molar-refractivity contribution in [3.63, 3.8) is 0 Å². The number of hydrogen-bond donors (Lipinski definition) is 3. The highest BCUT2D eigenvalue weighted by Gasteiger charge is 2.28. The first kappa shape index (κ1) is 25.2. The fraction of sp³-hybridized carbons (Fsp3) is 0.241. The Labute approximate surface area is 220 Å². The minimum absolute atomic E-state index is 0.0385. The van der Waals surface area contributed by atoms with Crippen LogP contribution in [0.3, 0.4) is 0 Å². The van der Waals surface area contributed by atoms with Crippen LogP contribution < -0.4 is 16.4 Å². The number of nitrogens with two attached hydrogens (primary N) is 1. The lowest BCUT2D eigenvalue weighted by molar-refractivity contribution is -0.117. The summed E-state index contributed by atoms with van der Waals surface area (Å²) in [4.78, 5) is 33.7. The Morgan fingerprint density at radius 2 is 1.95 bits per heavy atom. The van der Waals surface area contributed by atoms with E-state index in [2.05, 4.69) is 31.7 Å². The van der Waals surface area contributed by atoms with Crippen LogP contribution in [0.25, 0.3) is 22.2 Å². The van der Waals surface area contributed by atoms with E-state index in [1.807, 2.05) is 54.6 Å². The number of aromatic nitrogens is 3. The van der Waals surface area contributed by atoms with Crippen molar-refractivity contribution in [1.82, 2.24) is 25.2 Å². The SMILES string of the molecule is C=CC(=O)NC1CCc2c(-c3ccc(C(=O)N[C@@H](COC)c4ccccc4)cc3)c3c(N)ncnc3n2C1. The van der Waals surface area contributed by atoms with Gasteiger partial charge in [-0.25, -0.2) is 9.97 Å². The average Bonchev–Trinajstić information content (AvgIpc) is 3.28. The summed E-state index contributed by atoms with van der Waals surface area (Å²) in [6, 6.07) is 16.9. The summed E-state index contributed by atoms with van der Waals surface area (Å²) in [6.07, 6.45) is 4.24. The second-order valence-corrected chi connectivity index (χ2v) is 9.31. The van der Waals surface area contributed by atoms with Crippen LogP contribution in [0.2, 0.25) is 0 Å². The Balaban J connectivity index is 1.45. The molecule has 0 bridgehead atoms. The highest BCUT2D eigenvalue weighted by Crippen LogP contribution is 2.39. The second-order valence-electron chi connectivity index (χ2n) is 9.31. The van der Waals surface area contributed by atoms with Crippen LogP contribution in [-0.4, -0.2) is 46.1 Å². The highest BCUT2D eigenvalue weighted by atomic mass is 16.5. The number of amides is 2. The predicted octanol–water partition coefficient (Wildman–Crippen LogP) is 3.42. The third-order valence-corrected chi connectivity index (χ3v) is 6.92. The largest absolute Gasteiger partial charge is 0.383 e. The van der Waals surface area contributed by atoms with Crippen molar-refractivity contribution < 1.29 is 14.3 Å². The zero-order chi connectivity index (χ0) is 26.6. The number of benzene rings is 2. The van der Waals surface area contributed by atoms with Gasteiger partial charge in [0, 0.05) is 36.5 Å². The molecule has 9 nitrogen and oxygen atoms in total. The number of nitrogens with zero attached hydrogens (tertiary/aromatic N) is 3. The quantitative estimate of drug-likeness (QED) is 0.312. The maximum absolute atomic E-state index is 13.1. The number of hydrogen-bond acceptors (Lipinski definition) is 6. The number of methoxy groups -OCH3 is 1. The molecule has 0 fully saturated rings. The predicted molar refractivity (Wildman–Crippen MR) is 146 cm³/mol. The Bertz CT molecular complexity index is 1480. The van der Waals surface area contributed by atoms with E-state index in [-0.39, 0.29) is 23.9 Å². The molecule has 0 aliphatic carbocycles. The van der Waals surface area contributed by atoms with Crippen LogP contribution >= 0.6 is 0 Å². The minimum Gasteiger partial charge on any atom is -0.383 e. The molecule has 2 atom stereocenters. The molecule has 1 aliphatic heterocycles. The molecule has 4 N–H and O–H groups in total. The van der Waals surface area contributed by atoms with Crippen molar-refractivity contribution in [2.75, 3.05) is 19.5 Å². The Morgan fingerprint density at radius 1 is 1.18 bits per heavy atom. The van der Waals surface area contributed by atoms with Crippen molar-refractivity contribution in [2.24, 2.45) is 0 Å². The summed E-state index contributed by atoms with van der Waals surface area (Å²) in [5.41, 5.74) is 11.5. The number of nitrogens with one attached hydrogen (secondary N) is 2. The van der Waals surface area contributed by atoms with Gasteiger partial charge in [0.15, 0.2) is 0 Å². The van der Waals surface area contributed by atoms with Crippen molar-refractivity contribution >= 4 is 28.7 Å². The van der Waals surface area contributed by atoms with E-state index in [4.69, 9.17) is 10.5 Å². The van der Waals surface area contributed by atoms with Gasteiger partial charge in [-0.1, -0.05) is 49.0 Å². The lowest BCUT2D eigenvalue weighted by Gasteiger charge is -2.26. The van der Waals surface area contributed by atoms with Crippen LogP contribution in [0, 0.1) is 0 Å². The van der Waals surface area contributed by atoms with Crippen LogP contribution in [0.5, 0.6) is 0 Å². The third-order valence-electron chi connectivity index (χ3n) is 6.92. The molecule has 9 heteroatoms. The number of rotatable bonds is 8. The van der Waals surface area contributed by atoms with Crippen LogP contribution in [0.15, 0.2) is 73.6 Å². The van der Waals surface area contributed by atoms with E-state index in [9.17, 15) is 9.59 Å². The summed E-state index contributed by atoms with van der Waals surface area (Å²) in [6.45, 7) is 4.48. The molecule has 1 aliphatic rings. The van der Waals surface area contributed by atoms with Gasteiger partial charge in [-0.3, -0.25) is 9.59 Å². The molecule has 0 saturated carbocycles. The third kappa shape index (κ3) is 4.88. The Kier molecular flexibility index (Phi) is 7.19. The van der Waals surface area contributed by atoms with Gasteiger partial charge in [0.25, 0.3) is 5.91 Å². The monoisotopic (exact) mass is 510 g/mol. The number of carbonyl (C=O) groups excluding carboxylic acids is 2. The molecule has 1 unspecified atom stereocenters. The van der Waals surface area contributed by atoms with Gasteiger partial charge < -0.3 is 25.7 Å². The van der Waals surface area contributed by atoms with Crippen molar-refractivity contribution in [3.8, 4) is 11.1 Å². The van der Waals surface area contributed by atoms with E-state index < -0.39 is 0 Å². The fourth-order valence-electron chi connectivity index (χ4n) is 5.11. The molecule has 0 radical (unpaired) electrons. The normalized spacial score (nSPS) is 15.4. The first-order valence-electron chi connectivity index (χ1n) is 12.5. The van der Waals surface area contributed by atoms with E-state index in [0.29, 0.717) is 24.5 Å². The van der Waals surface area contributed by atoms with Crippen LogP contribution in [0.4, 0.5) is 5.82 Å². The van der Waals surface area contributed by atoms with Gasteiger partial charge in [-0.05, 0) is 42.2 Å². The van der Waals surface area contributed by atoms with Crippen molar-refractivity contribution in [3.05, 3.63) is 90.4 Å². The van der Waals surface area contributed by atoms with E-state index in [1.54, 1.807) is 7.11 Å². The van der Waals surface area contributed by atoms with E-state index in [1.165, 1.54) is 12.4 Å². The van der Waals surface area contributed by atoms with Gasteiger partial charge >= 0.3 is 0 Å². The standard InChI is InChI=1S/C29H30N6O3/c1-3-24(36)33-21-13-14-23-25(26-27(30)31-17-32-28(26)35(23)15-21)19-9-11-20(12-10-19)29(37)34-22(16-38-2)18-7-5-4-6-8-18/h3-12,17,21-22H,1,13-16H2,2H3,(H,33,36)(H,34,37)(H2,30,31,32)/t21?,22-/m0/s1. The number of ether oxygens (including phenoxy) is 1.